The lowest BCUT2D eigenvalue weighted by Gasteiger charge is -2.17. The number of anilines is 1. The van der Waals surface area contributed by atoms with Crippen molar-refractivity contribution in [3.63, 3.8) is 0 Å². The first kappa shape index (κ1) is 124. The van der Waals surface area contributed by atoms with Crippen LogP contribution in [0.4, 0.5) is 5.82 Å². The van der Waals surface area contributed by atoms with E-state index in [0.29, 0.717) is 492 Å². The number of aliphatic hydroxyl groups is 1. The molecule has 0 aliphatic rings. The molecule has 0 aliphatic heterocycles. The minimum atomic E-state index is -0.404. The highest BCUT2D eigenvalue weighted by atomic mass is 16.6. The standard InChI is InChI=1S/C89H165N7O39/c1-3-4-9-135-88-93-85(90)84-86(94-88)96(89(99)92-84)81-82-5-6-83(91-80-82)87(98)95(2)7-10-100-12-14-102-16-18-104-20-22-106-24-26-108-28-30-110-32-34-112-36-38-114-40-42-116-44-46-118-48-50-120-52-54-122-56-58-124-60-62-126-64-66-128-68-70-130-72-74-132-76-78-134-79-77-133-75-73-131-71-69-129-67-65-127-63-61-125-59-57-123-55-53-121-51-49-119-47-45-117-43-41-115-39-37-113-35-33-111-31-29-109-27-25-107-23-21-105-19-17-103-15-13-101-11-8-97/h5-6,80,97H,3-4,7-79,81H2,1-2H3,(H,92,99)(H2,90,93,94). The summed E-state index contributed by atoms with van der Waals surface area (Å²) in [6, 6.07) is 3.46. The second kappa shape index (κ2) is 102. The van der Waals surface area contributed by atoms with Crippen LogP contribution in [0.3, 0.4) is 0 Å². The van der Waals surface area contributed by atoms with Gasteiger partial charge in [0.2, 0.25) is 0 Å². The van der Waals surface area contributed by atoms with Gasteiger partial charge in [0.25, 0.3) is 5.91 Å². The third kappa shape index (κ3) is 83.5. The number of unbranched alkanes of at least 4 members (excludes halogenated alkanes) is 1. The molecule has 790 valence electrons. The fourth-order valence-corrected chi connectivity index (χ4v) is 10.5. The molecule has 0 radical (unpaired) electrons. The summed E-state index contributed by atoms with van der Waals surface area (Å²) in [5, 5.41) is 8.63. The number of H-pyrrole nitrogens is 1. The van der Waals surface area contributed by atoms with Crippen LogP contribution in [0.25, 0.3) is 11.2 Å². The topological polar surface area (TPSA) is 475 Å². The van der Waals surface area contributed by atoms with Crippen LogP contribution in [0.15, 0.2) is 23.1 Å². The van der Waals surface area contributed by atoms with Gasteiger partial charge in [-0.25, -0.2) is 4.79 Å². The third-order valence-corrected chi connectivity index (χ3v) is 17.5. The van der Waals surface area contributed by atoms with E-state index in [1.54, 1.807) is 25.4 Å². The van der Waals surface area contributed by atoms with E-state index < -0.39 is 5.69 Å². The van der Waals surface area contributed by atoms with E-state index in [1.165, 1.54) is 9.47 Å². The molecule has 0 atom stereocenters. The largest absolute Gasteiger partial charge is 0.463 e. The number of hydrogen-bond acceptors (Lipinski definition) is 43. The quantitative estimate of drug-likeness (QED) is 0.0663. The van der Waals surface area contributed by atoms with Crippen LogP contribution in [-0.2, 0) is 172 Å². The maximum absolute atomic E-state index is 13.0. The predicted octanol–water partition coefficient (Wildman–Crippen LogP) is 0.969. The Labute approximate surface area is 797 Å². The molecule has 3 heterocycles. The molecule has 0 fully saturated rings. The number of fused-ring (bicyclic) bond motifs is 1. The van der Waals surface area contributed by atoms with Crippen molar-refractivity contribution in [2.75, 3.05) is 495 Å². The molecule has 0 aromatic carbocycles. The molecular formula is C89H165N7O39. The zero-order valence-corrected chi connectivity index (χ0v) is 80.7. The van der Waals surface area contributed by atoms with Gasteiger partial charge in [-0.2, -0.15) is 9.97 Å². The number of rotatable bonds is 114. The van der Waals surface area contributed by atoms with Crippen LogP contribution in [0.5, 0.6) is 6.01 Å². The maximum Gasteiger partial charge on any atom is 0.328 e. The van der Waals surface area contributed by atoms with Gasteiger partial charge in [0.1, 0.15) is 11.2 Å². The van der Waals surface area contributed by atoms with Crippen molar-refractivity contribution in [1.82, 2.24) is 29.4 Å². The van der Waals surface area contributed by atoms with Gasteiger partial charge in [0.15, 0.2) is 11.5 Å². The molecule has 3 rings (SSSR count). The summed E-state index contributed by atoms with van der Waals surface area (Å²) in [4.78, 5) is 42.9. The molecule has 0 bridgehead atoms. The van der Waals surface area contributed by atoms with Gasteiger partial charge < -0.3 is 191 Å². The first-order valence-electron chi connectivity index (χ1n) is 47.3. The molecule has 1 amide bonds. The number of nitrogens with two attached hydrogens (primary N) is 1. The smallest absolute Gasteiger partial charge is 0.328 e. The normalized spacial score (nSPS) is 11.8. The van der Waals surface area contributed by atoms with E-state index in [4.69, 9.17) is 181 Å². The molecule has 0 saturated heterocycles. The molecule has 0 unspecified atom stereocenters. The molecule has 4 N–H and O–H groups in total. The lowest BCUT2D eigenvalue weighted by atomic mass is 10.2. The zero-order chi connectivity index (χ0) is 95.9. The van der Waals surface area contributed by atoms with Crippen molar-refractivity contribution >= 4 is 22.9 Å². The molecule has 3 aromatic rings. The van der Waals surface area contributed by atoms with Crippen LogP contribution in [0.2, 0.25) is 0 Å². The summed E-state index contributed by atoms with van der Waals surface area (Å²) >= 11 is 0. The number of nitrogens with zero attached hydrogens (tertiary/aromatic N) is 5. The lowest BCUT2D eigenvalue weighted by Crippen LogP contribution is -2.31. The molecule has 0 spiro atoms. The van der Waals surface area contributed by atoms with Gasteiger partial charge in [-0.1, -0.05) is 19.4 Å². The predicted molar refractivity (Wildman–Crippen MR) is 489 cm³/mol. The Morgan fingerprint density at radius 1 is 0.311 bits per heavy atom. The number of hydrogen-bond donors (Lipinski definition) is 3. The number of nitrogens with one attached hydrogen (secondary N) is 1. The highest BCUT2D eigenvalue weighted by Gasteiger charge is 2.18. The Hall–Kier alpha value is -4.87. The minimum absolute atomic E-state index is 0.0138. The van der Waals surface area contributed by atoms with Gasteiger partial charge in [-0.05, 0) is 18.1 Å². The number of carbonyl (C=O) groups is 1. The molecule has 46 nitrogen and oxygen atoms in total. The molecule has 46 heteroatoms. The van der Waals surface area contributed by atoms with E-state index >= 15 is 0 Å². The number of amides is 1. The van der Waals surface area contributed by atoms with Crippen molar-refractivity contribution in [1.29, 1.82) is 0 Å². The molecule has 0 aliphatic carbocycles. The summed E-state index contributed by atoms with van der Waals surface area (Å²) in [5.74, 6) is -0.145. The average molecular weight is 1960 g/mol. The van der Waals surface area contributed by atoms with Gasteiger partial charge in [0.05, 0.1) is 482 Å². The van der Waals surface area contributed by atoms with Crippen molar-refractivity contribution in [3.8, 4) is 6.01 Å². The summed E-state index contributed by atoms with van der Waals surface area (Å²) in [7, 11) is 1.68. The molecule has 0 saturated carbocycles. The second-order valence-electron chi connectivity index (χ2n) is 28.2. The zero-order valence-electron chi connectivity index (χ0n) is 80.7. The summed E-state index contributed by atoms with van der Waals surface area (Å²) in [6.45, 7) is 35.4. The summed E-state index contributed by atoms with van der Waals surface area (Å²) in [5.41, 5.74) is 7.26. The van der Waals surface area contributed by atoms with Crippen molar-refractivity contribution < 1.29 is 180 Å². The number of aromatic amines is 1. The highest BCUT2D eigenvalue weighted by Crippen LogP contribution is 2.19. The van der Waals surface area contributed by atoms with Crippen LogP contribution >= 0.6 is 0 Å². The number of aliphatic hydroxyl groups excluding tert-OH is 1. The highest BCUT2D eigenvalue weighted by molar-refractivity contribution is 5.92. The van der Waals surface area contributed by atoms with Gasteiger partial charge >= 0.3 is 11.7 Å². The van der Waals surface area contributed by atoms with Gasteiger partial charge in [-0.3, -0.25) is 14.3 Å². The Balaban J connectivity index is 0.848. The Bertz CT molecular complexity index is 2950. The Morgan fingerprint density at radius 2 is 0.519 bits per heavy atom. The fourth-order valence-electron chi connectivity index (χ4n) is 10.5. The Kier molecular flexibility index (Phi) is 94.0. The second-order valence-corrected chi connectivity index (χ2v) is 28.2. The number of ether oxygens (including phenoxy) is 36. The minimum Gasteiger partial charge on any atom is -0.463 e. The van der Waals surface area contributed by atoms with E-state index in [1.807, 2.05) is 6.92 Å². The lowest BCUT2D eigenvalue weighted by molar-refractivity contribution is -0.0327. The molecular weight excluding hydrogens is 1790 g/mol. The average Bonchev–Trinajstić information content (AvgIpc) is 1.63. The first-order valence-corrected chi connectivity index (χ1v) is 47.3. The monoisotopic (exact) mass is 1960 g/mol. The van der Waals surface area contributed by atoms with E-state index in [0.717, 1.165) is 12.8 Å². The van der Waals surface area contributed by atoms with Crippen LogP contribution in [0, 0.1) is 0 Å². The molecule has 3 aromatic heterocycles. The van der Waals surface area contributed by atoms with Crippen LogP contribution in [-0.4, -0.2) is 530 Å². The number of aromatic nitrogens is 5. The van der Waals surface area contributed by atoms with Crippen molar-refractivity contribution in [2.45, 2.75) is 26.3 Å². The Morgan fingerprint density at radius 3 is 0.711 bits per heavy atom. The number of imidazole rings is 1. The summed E-state index contributed by atoms with van der Waals surface area (Å²) < 4.78 is 200. The van der Waals surface area contributed by atoms with E-state index in [2.05, 4.69) is 19.9 Å². The van der Waals surface area contributed by atoms with Crippen LogP contribution in [0.1, 0.15) is 35.8 Å². The van der Waals surface area contributed by atoms with E-state index in [9.17, 15) is 9.59 Å². The van der Waals surface area contributed by atoms with Gasteiger partial charge in [0, 0.05) is 19.8 Å². The number of carbonyl (C=O) groups excluding carboxylic acids is 1. The number of likely N-dealkylation sites (N-methyl/N-ethyl adjacent to an activating group) is 1. The van der Waals surface area contributed by atoms with Crippen molar-refractivity contribution in [2.24, 2.45) is 0 Å². The van der Waals surface area contributed by atoms with Crippen molar-refractivity contribution in [3.05, 3.63) is 40.1 Å². The van der Waals surface area contributed by atoms with E-state index in [-0.39, 0.29) is 36.6 Å². The first-order chi connectivity index (χ1) is 66.9. The molecule has 135 heavy (non-hydrogen) atoms. The van der Waals surface area contributed by atoms with Gasteiger partial charge in [-0.15, -0.1) is 0 Å². The third-order valence-electron chi connectivity index (χ3n) is 17.5. The fraction of sp³-hybridized carbons (Fsp3) is 0.876. The SMILES string of the molecule is CCCCOc1nc(N)c2[nH]c(=O)n(Cc3ccc(C(=O)N(C)CCOCCOCCOCCOCCOCCOCCOCCOCCOCCOCCOCCOCCOCCOCCOCCOCCOCCOCCOCCOCCOCCOCCOCCOCCOCCOCCOCCOCCOCCOCCOCCOCCOCCOCCOCCO)nc3)c2n1. The summed E-state index contributed by atoms with van der Waals surface area (Å²) in [6.07, 6.45) is 3.33. The maximum atomic E-state index is 13.0. The number of pyridine rings is 1. The van der Waals surface area contributed by atoms with Crippen LogP contribution < -0.4 is 16.2 Å². The number of nitrogen functional groups attached to an aromatic ring is 1.